The van der Waals surface area contributed by atoms with E-state index >= 15 is 0 Å². The van der Waals surface area contributed by atoms with Crippen LogP contribution in [0.15, 0.2) is 36.5 Å². The van der Waals surface area contributed by atoms with Crippen LogP contribution in [0, 0.1) is 5.82 Å². The lowest BCUT2D eigenvalue weighted by Crippen LogP contribution is -2.16. The number of benzene rings is 1. The fourth-order valence-corrected chi connectivity index (χ4v) is 1.54. The average molecular weight is 230 g/mol. The first-order chi connectivity index (χ1) is 7.98. The van der Waals surface area contributed by atoms with Crippen molar-refractivity contribution in [2.24, 2.45) is 0 Å². The van der Waals surface area contributed by atoms with Gasteiger partial charge in [0.15, 0.2) is 0 Å². The zero-order chi connectivity index (χ0) is 12.5. The third kappa shape index (κ3) is 2.49. The summed E-state index contributed by atoms with van der Waals surface area (Å²) in [5, 5.41) is 0. The number of hydrogen-bond donors (Lipinski definition) is 0. The number of aromatic nitrogens is 2. The van der Waals surface area contributed by atoms with Crippen LogP contribution in [0.25, 0.3) is 11.3 Å². The molecule has 0 atom stereocenters. The molecular formula is C14H15FN2. The van der Waals surface area contributed by atoms with Crippen LogP contribution in [-0.4, -0.2) is 9.97 Å². The SMILES string of the molecule is CC(C)(C)c1nccc(-c2ccccc2F)n1. The zero-order valence-corrected chi connectivity index (χ0v) is 10.2. The molecule has 17 heavy (non-hydrogen) atoms. The van der Waals surface area contributed by atoms with Crippen molar-refractivity contribution in [1.29, 1.82) is 0 Å². The van der Waals surface area contributed by atoms with Crippen LogP contribution < -0.4 is 0 Å². The summed E-state index contributed by atoms with van der Waals surface area (Å²) in [5.41, 5.74) is 1.00. The predicted molar refractivity (Wildman–Crippen MR) is 66.1 cm³/mol. The highest BCUT2D eigenvalue weighted by Gasteiger charge is 2.18. The summed E-state index contributed by atoms with van der Waals surface area (Å²) < 4.78 is 13.6. The molecule has 0 saturated carbocycles. The Labute approximate surface area is 101 Å². The van der Waals surface area contributed by atoms with Gasteiger partial charge in [0.2, 0.25) is 0 Å². The molecule has 0 radical (unpaired) electrons. The van der Waals surface area contributed by atoms with Gasteiger partial charge in [-0.2, -0.15) is 0 Å². The first-order valence-corrected chi connectivity index (χ1v) is 5.57. The van der Waals surface area contributed by atoms with Crippen molar-refractivity contribution in [2.75, 3.05) is 0 Å². The van der Waals surface area contributed by atoms with E-state index in [-0.39, 0.29) is 11.2 Å². The minimum absolute atomic E-state index is 0.138. The fraction of sp³-hybridized carbons (Fsp3) is 0.286. The Hall–Kier alpha value is -1.77. The molecule has 0 aliphatic rings. The van der Waals surface area contributed by atoms with Gasteiger partial charge in [0.05, 0.1) is 5.69 Å². The summed E-state index contributed by atoms with van der Waals surface area (Å²) in [4.78, 5) is 8.66. The molecule has 2 aromatic rings. The molecule has 1 aromatic carbocycles. The van der Waals surface area contributed by atoms with Gasteiger partial charge in [0.1, 0.15) is 11.6 Å². The maximum Gasteiger partial charge on any atom is 0.134 e. The Bertz CT molecular complexity index is 530. The lowest BCUT2D eigenvalue weighted by molar-refractivity contribution is 0.545. The van der Waals surface area contributed by atoms with Gasteiger partial charge in [-0.3, -0.25) is 0 Å². The standard InChI is InChI=1S/C14H15FN2/c1-14(2,3)13-16-9-8-12(17-13)10-6-4-5-7-11(10)15/h4-9H,1-3H3. The highest BCUT2D eigenvalue weighted by Crippen LogP contribution is 2.23. The zero-order valence-electron chi connectivity index (χ0n) is 10.2. The third-order valence-corrected chi connectivity index (χ3v) is 2.48. The molecule has 0 aliphatic carbocycles. The van der Waals surface area contributed by atoms with Crippen LogP contribution >= 0.6 is 0 Å². The van der Waals surface area contributed by atoms with E-state index in [2.05, 4.69) is 9.97 Å². The molecule has 0 bridgehead atoms. The van der Waals surface area contributed by atoms with E-state index in [1.165, 1.54) is 6.07 Å². The largest absolute Gasteiger partial charge is 0.241 e. The minimum Gasteiger partial charge on any atom is -0.241 e. The molecule has 88 valence electrons. The summed E-state index contributed by atoms with van der Waals surface area (Å²) in [6.45, 7) is 6.11. The monoisotopic (exact) mass is 230 g/mol. The van der Waals surface area contributed by atoms with Gasteiger partial charge in [-0.25, -0.2) is 14.4 Å². The first kappa shape index (κ1) is 11.7. The molecule has 0 N–H and O–H groups in total. The van der Waals surface area contributed by atoms with Crippen molar-refractivity contribution in [3.05, 3.63) is 48.2 Å². The van der Waals surface area contributed by atoms with Crippen molar-refractivity contribution in [3.8, 4) is 11.3 Å². The second-order valence-electron chi connectivity index (χ2n) is 5.00. The van der Waals surface area contributed by atoms with E-state index in [1.54, 1.807) is 30.5 Å². The van der Waals surface area contributed by atoms with E-state index in [9.17, 15) is 4.39 Å². The van der Waals surface area contributed by atoms with E-state index in [0.29, 0.717) is 11.3 Å². The summed E-state index contributed by atoms with van der Waals surface area (Å²) in [7, 11) is 0. The minimum atomic E-state index is -0.258. The van der Waals surface area contributed by atoms with Crippen LogP contribution in [0.1, 0.15) is 26.6 Å². The molecule has 2 rings (SSSR count). The number of halogens is 1. The molecule has 1 aromatic heterocycles. The third-order valence-electron chi connectivity index (χ3n) is 2.48. The van der Waals surface area contributed by atoms with Gasteiger partial charge in [0, 0.05) is 17.2 Å². The van der Waals surface area contributed by atoms with Crippen molar-refractivity contribution in [1.82, 2.24) is 9.97 Å². The number of hydrogen-bond acceptors (Lipinski definition) is 2. The molecular weight excluding hydrogens is 215 g/mol. The van der Waals surface area contributed by atoms with Gasteiger partial charge in [0.25, 0.3) is 0 Å². The normalized spacial score (nSPS) is 11.5. The Balaban J connectivity index is 2.51. The molecule has 0 fully saturated rings. The summed E-state index contributed by atoms with van der Waals surface area (Å²) >= 11 is 0. The van der Waals surface area contributed by atoms with Crippen LogP contribution in [-0.2, 0) is 5.41 Å². The quantitative estimate of drug-likeness (QED) is 0.748. The predicted octanol–water partition coefficient (Wildman–Crippen LogP) is 3.58. The van der Waals surface area contributed by atoms with Crippen LogP contribution in [0.4, 0.5) is 4.39 Å². The van der Waals surface area contributed by atoms with Crippen LogP contribution in [0.2, 0.25) is 0 Å². The van der Waals surface area contributed by atoms with Gasteiger partial charge in [-0.05, 0) is 18.2 Å². The van der Waals surface area contributed by atoms with Gasteiger partial charge >= 0.3 is 0 Å². The van der Waals surface area contributed by atoms with Gasteiger partial charge < -0.3 is 0 Å². The smallest absolute Gasteiger partial charge is 0.134 e. The maximum absolute atomic E-state index is 13.6. The Morgan fingerprint density at radius 3 is 2.41 bits per heavy atom. The molecule has 0 aliphatic heterocycles. The average Bonchev–Trinajstić information content (AvgIpc) is 2.29. The molecule has 1 heterocycles. The molecule has 2 nitrogen and oxygen atoms in total. The first-order valence-electron chi connectivity index (χ1n) is 5.57. The Morgan fingerprint density at radius 1 is 1.06 bits per heavy atom. The second-order valence-corrected chi connectivity index (χ2v) is 5.00. The summed E-state index contributed by atoms with van der Waals surface area (Å²) in [5.74, 6) is 0.462. The lowest BCUT2D eigenvalue weighted by Gasteiger charge is -2.16. The number of nitrogens with zero attached hydrogens (tertiary/aromatic N) is 2. The van der Waals surface area contributed by atoms with Crippen molar-refractivity contribution >= 4 is 0 Å². The second kappa shape index (κ2) is 4.24. The van der Waals surface area contributed by atoms with E-state index in [4.69, 9.17) is 0 Å². The van der Waals surface area contributed by atoms with E-state index < -0.39 is 0 Å². The molecule has 0 spiro atoms. The van der Waals surface area contributed by atoms with Gasteiger partial charge in [-0.1, -0.05) is 32.9 Å². The highest BCUT2D eigenvalue weighted by molar-refractivity contribution is 5.59. The van der Waals surface area contributed by atoms with Gasteiger partial charge in [-0.15, -0.1) is 0 Å². The van der Waals surface area contributed by atoms with E-state index in [1.807, 2.05) is 20.8 Å². The Morgan fingerprint density at radius 2 is 1.76 bits per heavy atom. The molecule has 0 saturated heterocycles. The summed E-state index contributed by atoms with van der Waals surface area (Å²) in [6, 6.07) is 8.37. The Kier molecular flexibility index (Phi) is 2.92. The van der Waals surface area contributed by atoms with Crippen molar-refractivity contribution < 1.29 is 4.39 Å². The summed E-state index contributed by atoms with van der Waals surface area (Å²) in [6.07, 6.45) is 1.68. The topological polar surface area (TPSA) is 25.8 Å². The number of rotatable bonds is 1. The fourth-order valence-electron chi connectivity index (χ4n) is 1.54. The van der Waals surface area contributed by atoms with Crippen LogP contribution in [0.3, 0.4) is 0 Å². The highest BCUT2D eigenvalue weighted by atomic mass is 19.1. The maximum atomic E-state index is 13.6. The van der Waals surface area contributed by atoms with Crippen molar-refractivity contribution in [3.63, 3.8) is 0 Å². The molecule has 0 amide bonds. The van der Waals surface area contributed by atoms with Crippen LogP contribution in [0.5, 0.6) is 0 Å². The van der Waals surface area contributed by atoms with E-state index in [0.717, 1.165) is 5.82 Å². The molecule has 3 heteroatoms. The van der Waals surface area contributed by atoms with Crippen molar-refractivity contribution in [2.45, 2.75) is 26.2 Å². The lowest BCUT2D eigenvalue weighted by atomic mass is 9.95. The molecule has 0 unspecified atom stereocenters.